The topological polar surface area (TPSA) is 99.5 Å². The minimum absolute atomic E-state index is 0.0599. The molecule has 0 bridgehead atoms. The van der Waals surface area contributed by atoms with Gasteiger partial charge in [-0.3, -0.25) is 9.78 Å². The number of aromatic carboxylic acids is 1. The van der Waals surface area contributed by atoms with E-state index < -0.39 is 5.97 Å². The van der Waals surface area contributed by atoms with Gasteiger partial charge in [-0.25, -0.2) is 14.8 Å². The third-order valence-electron chi connectivity index (χ3n) is 4.49. The monoisotopic (exact) mass is 369 g/mol. The Morgan fingerprint density at radius 1 is 1.11 bits per heavy atom. The molecule has 142 valence electrons. The summed E-state index contributed by atoms with van der Waals surface area (Å²) < 4.78 is 0. The lowest BCUT2D eigenvalue weighted by atomic mass is 10.2. The van der Waals surface area contributed by atoms with Gasteiger partial charge >= 0.3 is 5.97 Å². The summed E-state index contributed by atoms with van der Waals surface area (Å²) in [7, 11) is 0. The summed E-state index contributed by atoms with van der Waals surface area (Å²) >= 11 is 0. The van der Waals surface area contributed by atoms with Crippen LogP contribution in [0, 0.1) is 6.92 Å². The van der Waals surface area contributed by atoms with Crippen LogP contribution in [0.15, 0.2) is 24.4 Å². The van der Waals surface area contributed by atoms with E-state index in [-0.39, 0.29) is 23.1 Å². The number of nitrogens with zero attached hydrogens (tertiary/aromatic N) is 5. The van der Waals surface area contributed by atoms with Gasteiger partial charge in [-0.1, -0.05) is 13.8 Å². The second kappa shape index (κ2) is 7.69. The van der Waals surface area contributed by atoms with E-state index in [4.69, 9.17) is 5.11 Å². The molecular weight excluding hydrogens is 346 g/mol. The normalized spacial score (nSPS) is 14.5. The number of aromatic nitrogens is 3. The van der Waals surface area contributed by atoms with Gasteiger partial charge in [-0.2, -0.15) is 0 Å². The number of pyridine rings is 1. The van der Waals surface area contributed by atoms with E-state index in [1.54, 1.807) is 4.90 Å². The predicted molar refractivity (Wildman–Crippen MR) is 100 cm³/mol. The molecule has 3 heterocycles. The van der Waals surface area contributed by atoms with Crippen molar-refractivity contribution in [2.75, 3.05) is 31.1 Å². The molecule has 2 aromatic rings. The number of carbonyl (C=O) groups is 2. The number of anilines is 1. The third-order valence-corrected chi connectivity index (χ3v) is 4.49. The summed E-state index contributed by atoms with van der Waals surface area (Å²) in [6, 6.07) is 4.65. The van der Waals surface area contributed by atoms with Crippen molar-refractivity contribution in [3.63, 3.8) is 0 Å². The van der Waals surface area contributed by atoms with Crippen molar-refractivity contribution in [3.8, 4) is 0 Å². The molecule has 0 spiro atoms. The summed E-state index contributed by atoms with van der Waals surface area (Å²) in [6.07, 6.45) is 1.35. The van der Waals surface area contributed by atoms with Gasteiger partial charge in [0, 0.05) is 50.1 Å². The van der Waals surface area contributed by atoms with E-state index in [0.29, 0.717) is 26.2 Å². The van der Waals surface area contributed by atoms with Crippen LogP contribution < -0.4 is 4.90 Å². The van der Waals surface area contributed by atoms with Crippen molar-refractivity contribution >= 4 is 17.7 Å². The fourth-order valence-corrected chi connectivity index (χ4v) is 2.98. The zero-order chi connectivity index (χ0) is 19.6. The minimum atomic E-state index is -1.07. The van der Waals surface area contributed by atoms with Gasteiger partial charge in [0.25, 0.3) is 5.91 Å². The molecule has 8 nitrogen and oxygen atoms in total. The first kappa shape index (κ1) is 18.8. The Morgan fingerprint density at radius 3 is 2.44 bits per heavy atom. The van der Waals surface area contributed by atoms with Crippen molar-refractivity contribution in [1.82, 2.24) is 19.9 Å². The molecule has 1 aliphatic rings. The van der Waals surface area contributed by atoms with Crippen LogP contribution in [0.1, 0.15) is 52.1 Å². The lowest BCUT2D eigenvalue weighted by Gasteiger charge is -2.35. The van der Waals surface area contributed by atoms with Crippen molar-refractivity contribution in [2.24, 2.45) is 0 Å². The molecule has 1 fully saturated rings. The molecule has 1 aliphatic heterocycles. The van der Waals surface area contributed by atoms with Crippen LogP contribution >= 0.6 is 0 Å². The molecule has 1 N–H and O–H groups in total. The van der Waals surface area contributed by atoms with Gasteiger partial charge < -0.3 is 14.9 Å². The van der Waals surface area contributed by atoms with Crippen LogP contribution in [-0.4, -0.2) is 63.0 Å². The van der Waals surface area contributed by atoms with Crippen LogP contribution in [-0.2, 0) is 0 Å². The molecule has 0 radical (unpaired) electrons. The molecule has 3 rings (SSSR count). The van der Waals surface area contributed by atoms with Crippen molar-refractivity contribution in [3.05, 3.63) is 47.2 Å². The highest BCUT2D eigenvalue weighted by atomic mass is 16.4. The van der Waals surface area contributed by atoms with Crippen LogP contribution in [0.2, 0.25) is 0 Å². The Bertz CT molecular complexity index is 860. The van der Waals surface area contributed by atoms with Crippen molar-refractivity contribution < 1.29 is 14.7 Å². The fraction of sp³-hybridized carbons (Fsp3) is 0.421. The lowest BCUT2D eigenvalue weighted by Crippen LogP contribution is -2.49. The first-order valence-electron chi connectivity index (χ1n) is 8.94. The van der Waals surface area contributed by atoms with Crippen molar-refractivity contribution in [2.45, 2.75) is 26.7 Å². The average molecular weight is 369 g/mol. The minimum Gasteiger partial charge on any atom is -0.478 e. The maximum absolute atomic E-state index is 12.6. The average Bonchev–Trinajstić information content (AvgIpc) is 2.67. The van der Waals surface area contributed by atoms with Gasteiger partial charge in [-0.05, 0) is 19.1 Å². The first-order valence-corrected chi connectivity index (χ1v) is 8.94. The molecule has 2 aromatic heterocycles. The number of rotatable bonds is 4. The molecular formula is C19H23N5O3. The Labute approximate surface area is 157 Å². The maximum atomic E-state index is 12.6. The molecule has 0 aliphatic carbocycles. The lowest BCUT2D eigenvalue weighted by molar-refractivity contribution is 0.0696. The summed E-state index contributed by atoms with van der Waals surface area (Å²) in [5.74, 6) is 0.623. The summed E-state index contributed by atoms with van der Waals surface area (Å²) in [5, 5.41) is 9.07. The van der Waals surface area contributed by atoms with Crippen LogP contribution in [0.25, 0.3) is 0 Å². The highest BCUT2D eigenvalue weighted by Crippen LogP contribution is 2.19. The number of hydrogen-bond acceptors (Lipinski definition) is 6. The first-order chi connectivity index (χ1) is 12.8. The van der Waals surface area contributed by atoms with Gasteiger partial charge in [0.15, 0.2) is 0 Å². The fourth-order valence-electron chi connectivity index (χ4n) is 2.98. The molecule has 27 heavy (non-hydrogen) atoms. The zero-order valence-corrected chi connectivity index (χ0v) is 15.7. The molecule has 0 unspecified atom stereocenters. The Kier molecular flexibility index (Phi) is 5.34. The molecule has 0 atom stereocenters. The van der Waals surface area contributed by atoms with Crippen molar-refractivity contribution in [1.29, 1.82) is 0 Å². The number of piperazine rings is 1. The predicted octanol–water partition coefficient (Wildman–Crippen LogP) is 1.96. The number of aryl methyl sites for hydroxylation is 1. The number of carbonyl (C=O) groups excluding carboxylic acids is 1. The largest absolute Gasteiger partial charge is 0.478 e. The number of carboxylic acids is 1. The van der Waals surface area contributed by atoms with E-state index in [9.17, 15) is 9.59 Å². The number of hydrogen-bond donors (Lipinski definition) is 1. The number of carboxylic acid groups (broad SMARTS) is 1. The van der Waals surface area contributed by atoms with E-state index in [0.717, 1.165) is 17.3 Å². The van der Waals surface area contributed by atoms with E-state index in [1.807, 2.05) is 13.0 Å². The Balaban J connectivity index is 1.69. The van der Waals surface area contributed by atoms with Crippen LogP contribution in [0.3, 0.4) is 0 Å². The molecule has 0 saturated carbocycles. The Morgan fingerprint density at radius 2 is 1.81 bits per heavy atom. The highest BCUT2D eigenvalue weighted by molar-refractivity contribution is 5.95. The zero-order valence-electron chi connectivity index (χ0n) is 15.7. The van der Waals surface area contributed by atoms with E-state index in [2.05, 4.69) is 33.7 Å². The standard InChI is InChI=1S/C19H23N5O3/c1-12(2)17-21-13(3)10-16(22-17)23-6-8-24(9-7-23)18(25)15-11-14(19(26)27)4-5-20-15/h4-5,10-12H,6-9H2,1-3H3,(H,26,27). The SMILES string of the molecule is Cc1cc(N2CCN(C(=O)c3cc(C(=O)O)ccn3)CC2)nc(C(C)C)n1. The molecule has 0 aromatic carbocycles. The van der Waals surface area contributed by atoms with Gasteiger partial charge in [0.1, 0.15) is 17.3 Å². The smallest absolute Gasteiger partial charge is 0.335 e. The van der Waals surface area contributed by atoms with Crippen LogP contribution in [0.4, 0.5) is 5.82 Å². The summed E-state index contributed by atoms with van der Waals surface area (Å²) in [4.78, 5) is 40.7. The molecule has 1 saturated heterocycles. The van der Waals surface area contributed by atoms with Gasteiger partial charge in [0.05, 0.1) is 5.56 Å². The summed E-state index contributed by atoms with van der Waals surface area (Å²) in [5.41, 5.74) is 1.14. The maximum Gasteiger partial charge on any atom is 0.335 e. The summed E-state index contributed by atoms with van der Waals surface area (Å²) in [6.45, 7) is 8.44. The molecule has 1 amide bonds. The van der Waals surface area contributed by atoms with E-state index in [1.165, 1.54) is 18.3 Å². The second-order valence-corrected chi connectivity index (χ2v) is 6.89. The highest BCUT2D eigenvalue weighted by Gasteiger charge is 2.24. The second-order valence-electron chi connectivity index (χ2n) is 6.89. The van der Waals surface area contributed by atoms with Gasteiger partial charge in [0.2, 0.25) is 0 Å². The number of amides is 1. The van der Waals surface area contributed by atoms with E-state index >= 15 is 0 Å². The molecule has 8 heteroatoms. The van der Waals surface area contributed by atoms with Gasteiger partial charge in [-0.15, -0.1) is 0 Å². The quantitative estimate of drug-likeness (QED) is 0.879. The van der Waals surface area contributed by atoms with Crippen LogP contribution in [0.5, 0.6) is 0 Å². The Hall–Kier alpha value is -3.03. The third kappa shape index (κ3) is 4.21.